The van der Waals surface area contributed by atoms with E-state index in [2.05, 4.69) is 32.4 Å². The zero-order valence-corrected chi connectivity index (χ0v) is 15.3. The second-order valence-corrected chi connectivity index (χ2v) is 8.77. The molecule has 1 aliphatic rings. The molecule has 5 nitrogen and oxygen atoms in total. The summed E-state index contributed by atoms with van der Waals surface area (Å²) in [6.45, 7) is 3.13. The van der Waals surface area contributed by atoms with Gasteiger partial charge in [-0.2, -0.15) is 0 Å². The molecular weight excluding hydrogens is 346 g/mol. The Balaban J connectivity index is 1.58. The fraction of sp³-hybridized carbons (Fsp3) is 0.467. The predicted octanol–water partition coefficient (Wildman–Crippen LogP) is 4.39. The van der Waals surface area contributed by atoms with Crippen molar-refractivity contribution in [2.45, 2.75) is 48.4 Å². The minimum atomic E-state index is 0.891. The van der Waals surface area contributed by atoms with E-state index in [0.29, 0.717) is 0 Å². The summed E-state index contributed by atoms with van der Waals surface area (Å²) >= 11 is 5.02. The molecule has 0 aliphatic heterocycles. The van der Waals surface area contributed by atoms with Gasteiger partial charge in [-0.15, -0.1) is 21.5 Å². The summed E-state index contributed by atoms with van der Waals surface area (Å²) in [7, 11) is 0. The molecule has 3 aromatic heterocycles. The van der Waals surface area contributed by atoms with Crippen molar-refractivity contribution in [1.29, 1.82) is 0 Å². The second kappa shape index (κ2) is 6.70. The fourth-order valence-electron chi connectivity index (χ4n) is 2.75. The first-order valence-corrected chi connectivity index (χ1v) is 10.3. The van der Waals surface area contributed by atoms with Crippen molar-refractivity contribution < 1.29 is 0 Å². The number of aromatic nitrogens is 4. The van der Waals surface area contributed by atoms with E-state index >= 15 is 0 Å². The molecule has 0 spiro atoms. The van der Waals surface area contributed by atoms with E-state index in [4.69, 9.17) is 0 Å². The van der Waals surface area contributed by atoms with E-state index < -0.39 is 0 Å². The van der Waals surface area contributed by atoms with Crippen molar-refractivity contribution in [1.82, 2.24) is 20.2 Å². The lowest BCUT2D eigenvalue weighted by atomic mass is 10.2. The minimum Gasteiger partial charge on any atom is -0.360 e. The van der Waals surface area contributed by atoms with Crippen LogP contribution in [-0.2, 0) is 12.8 Å². The zero-order chi connectivity index (χ0) is 15.6. The van der Waals surface area contributed by atoms with Crippen molar-refractivity contribution in [3.63, 3.8) is 0 Å². The van der Waals surface area contributed by atoms with Crippen molar-refractivity contribution in [2.24, 2.45) is 0 Å². The second-order valence-electron chi connectivity index (χ2n) is 5.47. The number of rotatable bonds is 6. The molecule has 0 bridgehead atoms. The van der Waals surface area contributed by atoms with Gasteiger partial charge in [0.05, 0.1) is 0 Å². The van der Waals surface area contributed by atoms with Gasteiger partial charge in [0.25, 0.3) is 0 Å². The third-order valence-electron chi connectivity index (χ3n) is 3.86. The molecule has 23 heavy (non-hydrogen) atoms. The van der Waals surface area contributed by atoms with Crippen molar-refractivity contribution in [3.05, 3.63) is 16.8 Å². The Bertz CT molecular complexity index is 826. The number of nitrogens with zero attached hydrogens (tertiary/aromatic N) is 4. The van der Waals surface area contributed by atoms with Gasteiger partial charge in [0, 0.05) is 16.8 Å². The maximum absolute atomic E-state index is 4.51. The van der Waals surface area contributed by atoms with Gasteiger partial charge in [0.2, 0.25) is 5.13 Å². The molecule has 4 rings (SSSR count). The number of unbranched alkanes of at least 4 members (excludes halogenated alkanes) is 1. The number of anilines is 1. The van der Waals surface area contributed by atoms with Gasteiger partial charge in [-0.05, 0) is 43.0 Å². The molecule has 0 aromatic carbocycles. The molecule has 0 saturated carbocycles. The number of hydrogen-bond acceptors (Lipinski definition) is 8. The van der Waals surface area contributed by atoms with Crippen LogP contribution in [0.4, 0.5) is 5.13 Å². The summed E-state index contributed by atoms with van der Waals surface area (Å²) in [5.41, 5.74) is 1.46. The van der Waals surface area contributed by atoms with Crippen LogP contribution < -0.4 is 5.32 Å². The van der Waals surface area contributed by atoms with Crippen LogP contribution >= 0.6 is 34.4 Å². The Kier molecular flexibility index (Phi) is 4.46. The van der Waals surface area contributed by atoms with Crippen LogP contribution in [0.25, 0.3) is 10.2 Å². The van der Waals surface area contributed by atoms with E-state index in [9.17, 15) is 0 Å². The summed E-state index contributed by atoms with van der Waals surface area (Å²) in [5.74, 6) is 0. The van der Waals surface area contributed by atoms with Gasteiger partial charge < -0.3 is 5.32 Å². The van der Waals surface area contributed by atoms with Crippen LogP contribution in [0.2, 0.25) is 0 Å². The van der Waals surface area contributed by atoms with E-state index in [0.717, 1.165) is 38.7 Å². The Labute approximate surface area is 147 Å². The van der Waals surface area contributed by atoms with Crippen LogP contribution in [0.1, 0.15) is 36.6 Å². The summed E-state index contributed by atoms with van der Waals surface area (Å²) in [6, 6.07) is 0. The topological polar surface area (TPSA) is 63.6 Å². The lowest BCUT2D eigenvalue weighted by Crippen LogP contribution is -1.99. The fourth-order valence-corrected chi connectivity index (χ4v) is 5.86. The number of nitrogens with one attached hydrogen (secondary N) is 1. The zero-order valence-electron chi connectivity index (χ0n) is 12.8. The number of fused-ring (bicyclic) bond motifs is 3. The Morgan fingerprint density at radius 1 is 1.22 bits per heavy atom. The average Bonchev–Trinajstić information content (AvgIpc) is 3.23. The molecule has 0 radical (unpaired) electrons. The predicted molar refractivity (Wildman–Crippen MR) is 96.9 cm³/mol. The van der Waals surface area contributed by atoms with Crippen LogP contribution in [-0.4, -0.2) is 26.7 Å². The summed E-state index contributed by atoms with van der Waals surface area (Å²) < 4.78 is 0.932. The van der Waals surface area contributed by atoms with E-state index in [-0.39, 0.29) is 0 Å². The number of hydrogen-bond donors (Lipinski definition) is 1. The molecule has 3 heterocycles. The normalized spacial score (nSPS) is 13.6. The third kappa shape index (κ3) is 3.07. The van der Waals surface area contributed by atoms with Gasteiger partial charge in [-0.3, -0.25) is 0 Å². The number of thiophene rings is 1. The summed E-state index contributed by atoms with van der Waals surface area (Å²) in [6.07, 6.45) is 7.57. The molecule has 0 saturated heterocycles. The molecule has 120 valence electrons. The van der Waals surface area contributed by atoms with Gasteiger partial charge >= 0.3 is 0 Å². The molecule has 3 aromatic rings. The highest BCUT2D eigenvalue weighted by molar-refractivity contribution is 8.01. The lowest BCUT2D eigenvalue weighted by Gasteiger charge is -2.00. The Hall–Kier alpha value is -1.25. The molecule has 1 aliphatic carbocycles. The van der Waals surface area contributed by atoms with Crippen molar-refractivity contribution in [3.8, 4) is 0 Å². The maximum Gasteiger partial charge on any atom is 0.206 e. The standard InChI is InChI=1S/C15H17N5S3/c1-2-3-7-16-14-19-20-15(23-14)22-13-11-9-5-4-6-10(9)21-12(11)17-8-18-13/h8H,2-7H2,1H3,(H,16,19). The lowest BCUT2D eigenvalue weighted by molar-refractivity contribution is 0.830. The molecule has 8 heteroatoms. The molecule has 1 N–H and O–H groups in total. The first-order chi connectivity index (χ1) is 11.3. The third-order valence-corrected chi connectivity index (χ3v) is 7.00. The van der Waals surface area contributed by atoms with Crippen LogP contribution in [0, 0.1) is 0 Å². The highest BCUT2D eigenvalue weighted by Crippen LogP contribution is 2.42. The van der Waals surface area contributed by atoms with Gasteiger partial charge in [0.15, 0.2) is 4.34 Å². The highest BCUT2D eigenvalue weighted by Gasteiger charge is 2.22. The molecule has 0 unspecified atom stereocenters. The smallest absolute Gasteiger partial charge is 0.206 e. The first kappa shape index (κ1) is 15.3. The first-order valence-electron chi connectivity index (χ1n) is 7.85. The summed E-state index contributed by atoms with van der Waals surface area (Å²) in [4.78, 5) is 11.6. The number of aryl methyl sites for hydroxylation is 2. The average molecular weight is 364 g/mol. The van der Waals surface area contributed by atoms with Crippen LogP contribution in [0.15, 0.2) is 15.7 Å². The maximum atomic E-state index is 4.51. The highest BCUT2D eigenvalue weighted by atomic mass is 32.2. The molecular formula is C15H17N5S3. The van der Waals surface area contributed by atoms with E-state index in [1.807, 2.05) is 11.3 Å². The molecule has 0 amide bonds. The largest absolute Gasteiger partial charge is 0.360 e. The molecule has 0 atom stereocenters. The Morgan fingerprint density at radius 2 is 2.17 bits per heavy atom. The van der Waals surface area contributed by atoms with Crippen LogP contribution in [0.5, 0.6) is 0 Å². The van der Waals surface area contributed by atoms with Crippen LogP contribution in [0.3, 0.4) is 0 Å². The SMILES string of the molecule is CCCCNc1nnc(Sc2ncnc3sc4c(c23)CCC4)s1. The quantitative estimate of drug-likeness (QED) is 0.517. The monoisotopic (exact) mass is 363 g/mol. The van der Waals surface area contributed by atoms with Gasteiger partial charge in [0.1, 0.15) is 16.2 Å². The molecule has 0 fully saturated rings. The van der Waals surface area contributed by atoms with Gasteiger partial charge in [-0.25, -0.2) is 9.97 Å². The van der Waals surface area contributed by atoms with E-state index in [1.54, 1.807) is 29.4 Å². The van der Waals surface area contributed by atoms with Gasteiger partial charge in [-0.1, -0.05) is 24.7 Å². The van der Waals surface area contributed by atoms with Crippen molar-refractivity contribution >= 4 is 49.8 Å². The summed E-state index contributed by atoms with van der Waals surface area (Å²) in [5, 5.41) is 15.0. The van der Waals surface area contributed by atoms with Crippen molar-refractivity contribution in [2.75, 3.05) is 11.9 Å². The van der Waals surface area contributed by atoms with E-state index in [1.165, 1.54) is 35.1 Å². The Morgan fingerprint density at radius 3 is 3.09 bits per heavy atom. The minimum absolute atomic E-state index is 0.891.